The zero-order valence-corrected chi connectivity index (χ0v) is 12.2. The Balaban J connectivity index is 2.02. The summed E-state index contributed by atoms with van der Waals surface area (Å²) in [5.41, 5.74) is 2.81. The number of nitrogens with one attached hydrogen (secondary N) is 2. The summed E-state index contributed by atoms with van der Waals surface area (Å²) in [7, 11) is 0. The minimum Gasteiger partial charge on any atom is -0.324 e. The number of nitrogens with zero attached hydrogens (tertiary/aromatic N) is 3. The topological polar surface area (TPSA) is 88.9 Å². The van der Waals surface area contributed by atoms with Crippen molar-refractivity contribution in [1.82, 2.24) is 15.0 Å². The van der Waals surface area contributed by atoms with Gasteiger partial charge in [0.05, 0.1) is 6.20 Å². The number of anilines is 2. The third kappa shape index (κ3) is 3.88. The lowest BCUT2D eigenvalue weighted by Crippen LogP contribution is -2.20. The van der Waals surface area contributed by atoms with Crippen LogP contribution in [0, 0.1) is 13.8 Å². The Kier molecular flexibility index (Phi) is 4.32. The average Bonchev–Trinajstić information content (AvgIpc) is 2.80. The highest BCUT2D eigenvalue weighted by Gasteiger charge is 2.09. The summed E-state index contributed by atoms with van der Waals surface area (Å²) in [4.78, 5) is 22.9. The fourth-order valence-corrected chi connectivity index (χ4v) is 1.95. The van der Waals surface area contributed by atoms with Crippen molar-refractivity contribution in [1.29, 1.82) is 0 Å². The molecule has 0 aliphatic carbocycles. The van der Waals surface area contributed by atoms with Crippen molar-refractivity contribution in [2.45, 2.75) is 27.3 Å². The number of hydrogen-bond donors (Lipinski definition) is 2. The van der Waals surface area contributed by atoms with Crippen LogP contribution in [0.25, 0.3) is 0 Å². The maximum absolute atomic E-state index is 12.0. The summed E-state index contributed by atoms with van der Waals surface area (Å²) in [6.07, 6.45) is 1.51. The molecular formula is C14H17N5O2. The molecule has 0 atom stereocenters. The van der Waals surface area contributed by atoms with E-state index >= 15 is 0 Å². The van der Waals surface area contributed by atoms with E-state index in [4.69, 9.17) is 0 Å². The molecule has 2 amide bonds. The molecule has 7 heteroatoms. The van der Waals surface area contributed by atoms with E-state index in [2.05, 4.69) is 20.9 Å². The number of aromatic nitrogens is 3. The van der Waals surface area contributed by atoms with Gasteiger partial charge in [0.25, 0.3) is 0 Å². The van der Waals surface area contributed by atoms with Gasteiger partial charge in [0, 0.05) is 12.6 Å². The van der Waals surface area contributed by atoms with E-state index in [0.717, 1.165) is 16.8 Å². The van der Waals surface area contributed by atoms with Crippen LogP contribution < -0.4 is 10.6 Å². The van der Waals surface area contributed by atoms with Crippen molar-refractivity contribution in [3.8, 4) is 0 Å². The zero-order valence-electron chi connectivity index (χ0n) is 12.2. The molecule has 21 heavy (non-hydrogen) atoms. The van der Waals surface area contributed by atoms with Gasteiger partial charge in [0.1, 0.15) is 6.54 Å². The van der Waals surface area contributed by atoms with Crippen LogP contribution in [0.1, 0.15) is 18.1 Å². The van der Waals surface area contributed by atoms with Crippen molar-refractivity contribution >= 4 is 23.3 Å². The molecule has 0 bridgehead atoms. The third-order valence-corrected chi connectivity index (χ3v) is 2.89. The lowest BCUT2D eigenvalue weighted by Gasteiger charge is -2.11. The quantitative estimate of drug-likeness (QED) is 0.891. The highest BCUT2D eigenvalue weighted by molar-refractivity contribution is 5.92. The first-order valence-electron chi connectivity index (χ1n) is 6.49. The van der Waals surface area contributed by atoms with Gasteiger partial charge in [-0.25, -0.2) is 4.68 Å². The SMILES string of the molecule is CC(=O)Nc1cn(CC(=O)Nc2c(C)cccc2C)nn1. The number of rotatable bonds is 4. The van der Waals surface area contributed by atoms with Crippen molar-refractivity contribution in [3.05, 3.63) is 35.5 Å². The van der Waals surface area contributed by atoms with E-state index in [0.29, 0.717) is 5.82 Å². The predicted octanol–water partition coefficient (Wildman–Crippen LogP) is 1.49. The van der Waals surface area contributed by atoms with Gasteiger partial charge in [-0.1, -0.05) is 23.4 Å². The molecule has 7 nitrogen and oxygen atoms in total. The van der Waals surface area contributed by atoms with Crippen molar-refractivity contribution < 1.29 is 9.59 Å². The summed E-state index contributed by atoms with van der Waals surface area (Å²) in [6.45, 7) is 5.28. The van der Waals surface area contributed by atoms with Gasteiger partial charge in [0.15, 0.2) is 5.82 Å². The molecule has 0 spiro atoms. The second-order valence-electron chi connectivity index (χ2n) is 4.80. The monoisotopic (exact) mass is 287 g/mol. The number of carbonyl (C=O) groups excluding carboxylic acids is 2. The maximum atomic E-state index is 12.0. The number of hydrogen-bond acceptors (Lipinski definition) is 4. The van der Waals surface area contributed by atoms with Crippen LogP contribution in [0.5, 0.6) is 0 Å². The Morgan fingerprint density at radius 1 is 1.19 bits per heavy atom. The van der Waals surface area contributed by atoms with Crippen molar-refractivity contribution in [3.63, 3.8) is 0 Å². The predicted molar refractivity (Wildman–Crippen MR) is 78.9 cm³/mol. The largest absolute Gasteiger partial charge is 0.324 e. The van der Waals surface area contributed by atoms with E-state index < -0.39 is 0 Å². The molecule has 0 fully saturated rings. The molecule has 1 aromatic heterocycles. The van der Waals surface area contributed by atoms with E-state index in [1.807, 2.05) is 32.0 Å². The smallest absolute Gasteiger partial charge is 0.246 e. The molecule has 0 radical (unpaired) electrons. The van der Waals surface area contributed by atoms with Crippen LogP contribution in [0.3, 0.4) is 0 Å². The molecule has 0 aliphatic heterocycles. The van der Waals surface area contributed by atoms with Crippen molar-refractivity contribution in [2.24, 2.45) is 0 Å². The minimum atomic E-state index is -0.234. The van der Waals surface area contributed by atoms with Crippen LogP contribution in [-0.4, -0.2) is 26.8 Å². The Morgan fingerprint density at radius 3 is 2.48 bits per heavy atom. The van der Waals surface area contributed by atoms with Gasteiger partial charge >= 0.3 is 0 Å². The van der Waals surface area contributed by atoms with E-state index in [9.17, 15) is 9.59 Å². The lowest BCUT2D eigenvalue weighted by molar-refractivity contribution is -0.117. The molecule has 0 aliphatic rings. The molecule has 0 unspecified atom stereocenters. The fraction of sp³-hybridized carbons (Fsp3) is 0.286. The Hall–Kier alpha value is -2.70. The minimum absolute atomic E-state index is 0.0281. The van der Waals surface area contributed by atoms with Gasteiger partial charge in [-0.3, -0.25) is 9.59 Å². The molecule has 0 saturated heterocycles. The molecule has 0 saturated carbocycles. The van der Waals surface area contributed by atoms with E-state index in [1.165, 1.54) is 17.8 Å². The standard InChI is InChI=1S/C14H17N5O2/c1-9-5-4-6-10(2)14(9)16-13(21)8-19-7-12(17-18-19)15-11(3)20/h4-7H,8H2,1-3H3,(H,15,20)(H,16,21). The molecule has 2 rings (SSSR count). The molecule has 1 aromatic carbocycles. The summed E-state index contributed by atoms with van der Waals surface area (Å²) in [5, 5.41) is 12.9. The molecule has 1 heterocycles. The number of para-hydroxylation sites is 1. The van der Waals surface area contributed by atoms with Gasteiger partial charge in [0.2, 0.25) is 11.8 Å². The van der Waals surface area contributed by atoms with Gasteiger partial charge < -0.3 is 10.6 Å². The number of aryl methyl sites for hydroxylation is 2. The van der Waals surface area contributed by atoms with Crippen LogP contribution >= 0.6 is 0 Å². The first kappa shape index (κ1) is 14.7. The summed E-state index contributed by atoms with van der Waals surface area (Å²) < 4.78 is 1.37. The summed E-state index contributed by atoms with van der Waals surface area (Å²) >= 11 is 0. The first-order chi connectivity index (χ1) is 9.95. The van der Waals surface area contributed by atoms with Crippen LogP contribution in [-0.2, 0) is 16.1 Å². The third-order valence-electron chi connectivity index (χ3n) is 2.89. The van der Waals surface area contributed by atoms with Crippen molar-refractivity contribution in [2.75, 3.05) is 10.6 Å². The second kappa shape index (κ2) is 6.17. The number of benzene rings is 1. The van der Waals surface area contributed by atoms with E-state index in [-0.39, 0.29) is 18.4 Å². The maximum Gasteiger partial charge on any atom is 0.246 e. The van der Waals surface area contributed by atoms with Gasteiger partial charge in [-0.2, -0.15) is 0 Å². The first-order valence-corrected chi connectivity index (χ1v) is 6.49. The molecular weight excluding hydrogens is 270 g/mol. The van der Waals surface area contributed by atoms with Gasteiger partial charge in [-0.15, -0.1) is 5.10 Å². The number of amides is 2. The fourth-order valence-electron chi connectivity index (χ4n) is 1.95. The summed E-state index contributed by atoms with van der Waals surface area (Å²) in [6, 6.07) is 5.82. The normalized spacial score (nSPS) is 10.2. The Bertz CT molecular complexity index is 658. The summed E-state index contributed by atoms with van der Waals surface area (Å²) in [5.74, 6) is -0.115. The lowest BCUT2D eigenvalue weighted by atomic mass is 10.1. The molecule has 2 aromatic rings. The Morgan fingerprint density at radius 2 is 1.86 bits per heavy atom. The zero-order chi connectivity index (χ0) is 15.4. The highest BCUT2D eigenvalue weighted by Crippen LogP contribution is 2.19. The van der Waals surface area contributed by atoms with Crippen LogP contribution in [0.4, 0.5) is 11.5 Å². The van der Waals surface area contributed by atoms with Crippen LogP contribution in [0.2, 0.25) is 0 Å². The highest BCUT2D eigenvalue weighted by atomic mass is 16.2. The van der Waals surface area contributed by atoms with E-state index in [1.54, 1.807) is 0 Å². The molecule has 110 valence electrons. The molecule has 2 N–H and O–H groups in total. The van der Waals surface area contributed by atoms with Gasteiger partial charge in [-0.05, 0) is 25.0 Å². The Labute approximate surface area is 122 Å². The average molecular weight is 287 g/mol. The van der Waals surface area contributed by atoms with Crippen LogP contribution in [0.15, 0.2) is 24.4 Å². The number of carbonyl (C=O) groups is 2. The second-order valence-corrected chi connectivity index (χ2v) is 4.80.